The van der Waals surface area contributed by atoms with E-state index in [2.05, 4.69) is 21.3 Å². The Bertz CT molecular complexity index is 1590. The van der Waals surface area contributed by atoms with Crippen LogP contribution in [0.4, 0.5) is 13.2 Å². The van der Waals surface area contributed by atoms with Gasteiger partial charge >= 0.3 is 12.1 Å². The van der Waals surface area contributed by atoms with Crippen LogP contribution in [0.25, 0.3) is 6.08 Å². The molecular weight excluding hydrogens is 691 g/mol. The van der Waals surface area contributed by atoms with E-state index in [4.69, 9.17) is 15.6 Å². The molecule has 3 fully saturated rings. The van der Waals surface area contributed by atoms with E-state index in [0.717, 1.165) is 55.2 Å². The fourth-order valence-electron chi connectivity index (χ4n) is 7.16. The number of nitrogens with two attached hydrogens (primary N) is 1. The SMILES string of the molecule is Cc1ccc(/C=C/C(=O)NC2(C(=O)N[C@H](Cc3ccccc3)C(=O)N[C@H]3CC[C@@H](C(=O)N[C@H]4CCCC[C@@H]4N)C3)CCCC2)cc1.O=C(O)C(F)(F)F. The average Bonchev–Trinajstić information content (AvgIpc) is 3.80. The molecule has 5 atom stereocenters. The zero-order valence-electron chi connectivity index (χ0n) is 29.9. The summed E-state index contributed by atoms with van der Waals surface area (Å²) in [5, 5.41) is 19.4. The topological polar surface area (TPSA) is 180 Å². The van der Waals surface area contributed by atoms with Crippen molar-refractivity contribution in [3.63, 3.8) is 0 Å². The number of carboxylic acid groups (broad SMARTS) is 1. The first-order chi connectivity index (χ1) is 25.1. The molecule has 4 amide bonds. The molecule has 0 saturated heterocycles. The Morgan fingerprint density at radius 3 is 2.17 bits per heavy atom. The fraction of sp³-hybridized carbons (Fsp3) is 0.513. The molecule has 11 nitrogen and oxygen atoms in total. The van der Waals surface area contributed by atoms with Crippen LogP contribution in [0.15, 0.2) is 60.7 Å². The van der Waals surface area contributed by atoms with Crippen LogP contribution in [0, 0.1) is 12.8 Å². The summed E-state index contributed by atoms with van der Waals surface area (Å²) < 4.78 is 31.7. The summed E-state index contributed by atoms with van der Waals surface area (Å²) in [4.78, 5) is 62.6. The summed E-state index contributed by atoms with van der Waals surface area (Å²) in [5.74, 6) is -3.88. The number of aryl methyl sites for hydroxylation is 1. The van der Waals surface area contributed by atoms with E-state index in [9.17, 15) is 32.3 Å². The number of rotatable bonds is 11. The fourth-order valence-corrected chi connectivity index (χ4v) is 7.16. The number of carbonyl (C=O) groups excluding carboxylic acids is 4. The van der Waals surface area contributed by atoms with Gasteiger partial charge in [-0.15, -0.1) is 0 Å². The number of carbonyl (C=O) groups is 5. The quantitative estimate of drug-likeness (QED) is 0.184. The maximum absolute atomic E-state index is 13.9. The molecule has 53 heavy (non-hydrogen) atoms. The van der Waals surface area contributed by atoms with E-state index < -0.39 is 23.7 Å². The lowest BCUT2D eigenvalue weighted by molar-refractivity contribution is -0.192. The lowest BCUT2D eigenvalue weighted by Gasteiger charge is -2.31. The molecular formula is C39H50F3N5O6. The van der Waals surface area contributed by atoms with E-state index >= 15 is 0 Å². The van der Waals surface area contributed by atoms with Gasteiger partial charge < -0.3 is 32.1 Å². The van der Waals surface area contributed by atoms with Crippen molar-refractivity contribution in [2.24, 2.45) is 11.7 Å². The van der Waals surface area contributed by atoms with Gasteiger partial charge in [0, 0.05) is 36.5 Å². The number of hydrogen-bond acceptors (Lipinski definition) is 6. The number of carboxylic acids is 1. The second-order valence-corrected chi connectivity index (χ2v) is 14.3. The maximum Gasteiger partial charge on any atom is 0.490 e. The Morgan fingerprint density at radius 1 is 0.906 bits per heavy atom. The molecule has 0 heterocycles. The van der Waals surface area contributed by atoms with Crippen LogP contribution in [0.2, 0.25) is 0 Å². The summed E-state index contributed by atoms with van der Waals surface area (Å²) in [6.45, 7) is 2.01. The van der Waals surface area contributed by atoms with Crippen molar-refractivity contribution in [3.05, 3.63) is 77.4 Å². The van der Waals surface area contributed by atoms with Crippen LogP contribution in [0.5, 0.6) is 0 Å². The van der Waals surface area contributed by atoms with Crippen molar-refractivity contribution >= 4 is 35.7 Å². The van der Waals surface area contributed by atoms with Crippen LogP contribution in [0.3, 0.4) is 0 Å². The molecule has 3 aliphatic rings. The van der Waals surface area contributed by atoms with Crippen LogP contribution in [0.1, 0.15) is 87.3 Å². The highest BCUT2D eigenvalue weighted by atomic mass is 19.4. The molecule has 7 N–H and O–H groups in total. The van der Waals surface area contributed by atoms with Gasteiger partial charge in [-0.3, -0.25) is 19.2 Å². The third-order valence-corrected chi connectivity index (χ3v) is 10.2. The Hall–Kier alpha value is -4.72. The molecule has 0 unspecified atom stereocenters. The van der Waals surface area contributed by atoms with E-state index in [0.29, 0.717) is 38.5 Å². The zero-order chi connectivity index (χ0) is 38.6. The molecule has 0 aromatic heterocycles. The van der Waals surface area contributed by atoms with E-state index in [1.54, 1.807) is 6.08 Å². The van der Waals surface area contributed by atoms with Gasteiger partial charge in [-0.2, -0.15) is 13.2 Å². The van der Waals surface area contributed by atoms with E-state index in [1.807, 2.05) is 61.5 Å². The third kappa shape index (κ3) is 12.4. The summed E-state index contributed by atoms with van der Waals surface area (Å²) in [6, 6.07) is 16.4. The molecule has 0 spiro atoms. The monoisotopic (exact) mass is 741 g/mol. The van der Waals surface area contributed by atoms with Crippen LogP contribution in [-0.2, 0) is 30.4 Å². The van der Waals surface area contributed by atoms with Gasteiger partial charge in [0.1, 0.15) is 11.6 Å². The van der Waals surface area contributed by atoms with Gasteiger partial charge in [0.2, 0.25) is 23.6 Å². The van der Waals surface area contributed by atoms with Crippen molar-refractivity contribution in [2.75, 3.05) is 0 Å². The van der Waals surface area contributed by atoms with Crippen molar-refractivity contribution in [1.29, 1.82) is 0 Å². The first-order valence-corrected chi connectivity index (χ1v) is 18.2. The molecule has 0 bridgehead atoms. The number of hydrogen-bond donors (Lipinski definition) is 6. The largest absolute Gasteiger partial charge is 0.490 e. The van der Waals surface area contributed by atoms with Gasteiger partial charge in [-0.05, 0) is 69.1 Å². The van der Waals surface area contributed by atoms with E-state index in [-0.39, 0.29) is 47.7 Å². The summed E-state index contributed by atoms with van der Waals surface area (Å²) >= 11 is 0. The molecule has 288 valence electrons. The smallest absolute Gasteiger partial charge is 0.475 e. The van der Waals surface area contributed by atoms with Crippen molar-refractivity contribution < 1.29 is 42.3 Å². The molecule has 2 aromatic rings. The molecule has 5 rings (SSSR count). The highest BCUT2D eigenvalue weighted by Crippen LogP contribution is 2.31. The van der Waals surface area contributed by atoms with Crippen molar-refractivity contribution in [2.45, 2.75) is 120 Å². The highest BCUT2D eigenvalue weighted by molar-refractivity contribution is 5.99. The number of halogens is 3. The summed E-state index contributed by atoms with van der Waals surface area (Å²) in [7, 11) is 0. The minimum absolute atomic E-state index is 0.00545. The van der Waals surface area contributed by atoms with Crippen LogP contribution < -0.4 is 27.0 Å². The number of nitrogens with one attached hydrogen (secondary N) is 4. The number of amides is 4. The normalized spacial score (nSPS) is 22.9. The highest BCUT2D eigenvalue weighted by Gasteiger charge is 2.44. The van der Waals surface area contributed by atoms with Gasteiger partial charge in [0.05, 0.1) is 0 Å². The Kier molecular flexibility index (Phi) is 14.6. The van der Waals surface area contributed by atoms with Gasteiger partial charge in [-0.25, -0.2) is 4.79 Å². The number of benzene rings is 2. The first-order valence-electron chi connectivity index (χ1n) is 18.2. The lowest BCUT2D eigenvalue weighted by atomic mass is 9.90. The second-order valence-electron chi connectivity index (χ2n) is 14.3. The van der Waals surface area contributed by atoms with Gasteiger partial charge in [0.15, 0.2) is 0 Å². The molecule has 0 aliphatic heterocycles. The maximum atomic E-state index is 13.9. The first kappa shape index (κ1) is 41.0. The predicted molar refractivity (Wildman–Crippen MR) is 193 cm³/mol. The minimum Gasteiger partial charge on any atom is -0.475 e. The minimum atomic E-state index is -5.08. The molecule has 3 saturated carbocycles. The third-order valence-electron chi connectivity index (χ3n) is 10.2. The molecule has 14 heteroatoms. The second kappa shape index (κ2) is 18.9. The average molecular weight is 742 g/mol. The van der Waals surface area contributed by atoms with Crippen molar-refractivity contribution in [3.8, 4) is 0 Å². The standard InChI is InChI=1S/C37H49N5O4.C2HF3O2/c1-25-13-15-26(16-14-25)17-20-33(43)42-37(21-7-8-22-37)36(46)41-32(23-27-9-3-2-4-10-27)35(45)39-29-19-18-28(24-29)34(44)40-31-12-6-5-11-30(31)38;3-2(4,5)1(6)7/h2-4,9-10,13-17,20,28-32H,5-8,11-12,18-19,21-24,38H2,1H3,(H,39,45)(H,40,44)(H,41,46)(H,42,43);(H,6,7)/b20-17+;/t28-,29+,30+,31+,32-;/m1./s1. The van der Waals surface area contributed by atoms with Crippen LogP contribution in [-0.4, -0.2) is 70.6 Å². The van der Waals surface area contributed by atoms with E-state index in [1.165, 1.54) is 6.08 Å². The number of alkyl halides is 3. The Balaban J connectivity index is 0.000000815. The summed E-state index contributed by atoms with van der Waals surface area (Å²) in [5.41, 5.74) is 8.11. The molecule has 3 aliphatic carbocycles. The Labute approximate surface area is 307 Å². The molecule has 0 radical (unpaired) electrons. The lowest BCUT2D eigenvalue weighted by Crippen LogP contribution is -2.61. The van der Waals surface area contributed by atoms with Crippen molar-refractivity contribution in [1.82, 2.24) is 21.3 Å². The molecule has 2 aromatic carbocycles. The van der Waals surface area contributed by atoms with Gasteiger partial charge in [-0.1, -0.05) is 85.8 Å². The Morgan fingerprint density at radius 2 is 1.55 bits per heavy atom. The number of aliphatic carboxylic acids is 1. The zero-order valence-corrected chi connectivity index (χ0v) is 29.9. The predicted octanol–water partition coefficient (Wildman–Crippen LogP) is 4.47. The summed E-state index contributed by atoms with van der Waals surface area (Å²) in [6.07, 6.45) is 7.01. The van der Waals surface area contributed by atoms with Crippen LogP contribution >= 0.6 is 0 Å². The van der Waals surface area contributed by atoms with Gasteiger partial charge in [0.25, 0.3) is 0 Å².